The summed E-state index contributed by atoms with van der Waals surface area (Å²) in [5, 5.41) is 30.9. The number of phenols is 2. The molecule has 1 atom stereocenters. The van der Waals surface area contributed by atoms with Crippen LogP contribution in [0.1, 0.15) is 17.2 Å². The molecule has 76 valence electrons. The van der Waals surface area contributed by atoms with Gasteiger partial charge in [0.1, 0.15) is 0 Å². The first-order valence-corrected chi connectivity index (χ1v) is 4.61. The van der Waals surface area contributed by atoms with Crippen molar-refractivity contribution in [3.05, 3.63) is 23.3 Å². The number of aliphatic hydroxyl groups excluding tert-OH is 1. The Kier molecular flexibility index (Phi) is 2.31. The molecule has 0 amide bonds. The standard InChI is InChI=1S/C10H13NO3/c12-5-8-7-4-10(14)9(13)3-6(7)1-2-11-8/h3-4,8,11-14H,1-2,5H2. The number of aliphatic hydroxyl groups is 1. The van der Waals surface area contributed by atoms with Gasteiger partial charge in [-0.3, -0.25) is 0 Å². The van der Waals surface area contributed by atoms with E-state index in [-0.39, 0.29) is 24.1 Å². The van der Waals surface area contributed by atoms with Gasteiger partial charge >= 0.3 is 0 Å². The van der Waals surface area contributed by atoms with Gasteiger partial charge in [0, 0.05) is 0 Å². The van der Waals surface area contributed by atoms with E-state index in [0.29, 0.717) is 0 Å². The Labute approximate surface area is 81.8 Å². The number of fused-ring (bicyclic) bond motifs is 1. The van der Waals surface area contributed by atoms with Gasteiger partial charge < -0.3 is 20.6 Å². The van der Waals surface area contributed by atoms with Crippen LogP contribution in [0.25, 0.3) is 0 Å². The Morgan fingerprint density at radius 3 is 2.71 bits per heavy atom. The van der Waals surface area contributed by atoms with Crippen LogP contribution in [0.15, 0.2) is 12.1 Å². The Balaban J connectivity index is 2.47. The lowest BCUT2D eigenvalue weighted by atomic mass is 9.94. The van der Waals surface area contributed by atoms with Crippen molar-refractivity contribution in [1.82, 2.24) is 5.32 Å². The van der Waals surface area contributed by atoms with Gasteiger partial charge in [-0.2, -0.15) is 0 Å². The number of nitrogens with one attached hydrogen (secondary N) is 1. The molecule has 0 saturated carbocycles. The van der Waals surface area contributed by atoms with Gasteiger partial charge in [-0.15, -0.1) is 0 Å². The van der Waals surface area contributed by atoms with Gasteiger partial charge in [-0.25, -0.2) is 0 Å². The third-order valence-corrected chi connectivity index (χ3v) is 2.58. The van der Waals surface area contributed by atoms with Crippen LogP contribution in [-0.2, 0) is 6.42 Å². The monoisotopic (exact) mass is 195 g/mol. The molecule has 1 heterocycles. The molecule has 4 heteroatoms. The molecule has 0 aliphatic carbocycles. The third kappa shape index (κ3) is 1.42. The van der Waals surface area contributed by atoms with Crippen molar-refractivity contribution < 1.29 is 15.3 Å². The van der Waals surface area contributed by atoms with E-state index in [1.165, 1.54) is 6.07 Å². The highest BCUT2D eigenvalue weighted by Crippen LogP contribution is 2.33. The fraction of sp³-hybridized carbons (Fsp3) is 0.400. The minimum atomic E-state index is -0.134. The summed E-state index contributed by atoms with van der Waals surface area (Å²) in [4.78, 5) is 0. The van der Waals surface area contributed by atoms with Gasteiger partial charge in [0.15, 0.2) is 11.5 Å². The molecule has 14 heavy (non-hydrogen) atoms. The van der Waals surface area contributed by atoms with Crippen molar-refractivity contribution in [3.63, 3.8) is 0 Å². The fourth-order valence-electron chi connectivity index (χ4n) is 1.83. The van der Waals surface area contributed by atoms with Crippen molar-refractivity contribution in [2.24, 2.45) is 0 Å². The van der Waals surface area contributed by atoms with Crippen molar-refractivity contribution in [2.75, 3.05) is 13.2 Å². The van der Waals surface area contributed by atoms with Crippen molar-refractivity contribution in [1.29, 1.82) is 0 Å². The number of benzene rings is 1. The summed E-state index contributed by atoms with van der Waals surface area (Å²) in [5.41, 5.74) is 1.85. The minimum Gasteiger partial charge on any atom is -0.504 e. The van der Waals surface area contributed by atoms with Gasteiger partial charge in [-0.1, -0.05) is 0 Å². The van der Waals surface area contributed by atoms with Gasteiger partial charge in [0.05, 0.1) is 12.6 Å². The Bertz CT molecular complexity index is 351. The SMILES string of the molecule is OCC1NCCc2cc(O)c(O)cc21. The summed E-state index contributed by atoms with van der Waals surface area (Å²) in [7, 11) is 0. The smallest absolute Gasteiger partial charge is 0.157 e. The van der Waals surface area contributed by atoms with E-state index in [2.05, 4.69) is 5.32 Å². The molecule has 2 rings (SSSR count). The number of hydrogen-bond acceptors (Lipinski definition) is 4. The maximum atomic E-state index is 9.33. The van der Waals surface area contributed by atoms with Crippen LogP contribution < -0.4 is 5.32 Å². The lowest BCUT2D eigenvalue weighted by Crippen LogP contribution is -2.31. The topological polar surface area (TPSA) is 72.7 Å². The average Bonchev–Trinajstić information content (AvgIpc) is 2.19. The largest absolute Gasteiger partial charge is 0.504 e. The zero-order valence-corrected chi connectivity index (χ0v) is 7.70. The predicted octanol–water partition coefficient (Wildman–Crippen LogP) is 0.277. The van der Waals surface area contributed by atoms with Crippen LogP contribution >= 0.6 is 0 Å². The lowest BCUT2D eigenvalue weighted by molar-refractivity contribution is 0.239. The molecule has 1 unspecified atom stereocenters. The zero-order valence-electron chi connectivity index (χ0n) is 7.70. The van der Waals surface area contributed by atoms with Crippen LogP contribution in [0.3, 0.4) is 0 Å². The summed E-state index contributed by atoms with van der Waals surface area (Å²) in [6.07, 6.45) is 0.805. The first kappa shape index (κ1) is 9.30. The fourth-order valence-corrected chi connectivity index (χ4v) is 1.83. The summed E-state index contributed by atoms with van der Waals surface area (Å²) in [6.45, 7) is 0.777. The maximum absolute atomic E-state index is 9.33. The van der Waals surface area contributed by atoms with Crippen LogP contribution in [0, 0.1) is 0 Å². The number of aromatic hydroxyl groups is 2. The van der Waals surface area contributed by atoms with Crippen LogP contribution in [0.4, 0.5) is 0 Å². The highest BCUT2D eigenvalue weighted by atomic mass is 16.3. The molecule has 0 radical (unpaired) electrons. The Morgan fingerprint density at radius 2 is 2.00 bits per heavy atom. The van der Waals surface area contributed by atoms with Crippen LogP contribution in [0.2, 0.25) is 0 Å². The Hall–Kier alpha value is -1.26. The van der Waals surface area contributed by atoms with E-state index < -0.39 is 0 Å². The molecule has 1 aliphatic rings. The van der Waals surface area contributed by atoms with Gasteiger partial charge in [0.25, 0.3) is 0 Å². The lowest BCUT2D eigenvalue weighted by Gasteiger charge is -2.25. The van der Waals surface area contributed by atoms with E-state index in [1.807, 2.05) is 0 Å². The molecule has 1 aliphatic heterocycles. The summed E-state index contributed by atoms with van der Waals surface area (Å²) in [6, 6.07) is 2.94. The highest BCUT2D eigenvalue weighted by Gasteiger charge is 2.20. The van der Waals surface area contributed by atoms with E-state index in [1.54, 1.807) is 6.07 Å². The molecule has 0 spiro atoms. The number of phenolic OH excluding ortho intramolecular Hbond substituents is 2. The van der Waals surface area contributed by atoms with E-state index >= 15 is 0 Å². The molecule has 1 aromatic carbocycles. The second kappa shape index (κ2) is 3.48. The zero-order chi connectivity index (χ0) is 10.1. The van der Waals surface area contributed by atoms with Gasteiger partial charge in [0.2, 0.25) is 0 Å². The van der Waals surface area contributed by atoms with Gasteiger partial charge in [-0.05, 0) is 36.2 Å². The van der Waals surface area contributed by atoms with Crippen LogP contribution in [-0.4, -0.2) is 28.5 Å². The Morgan fingerprint density at radius 1 is 1.29 bits per heavy atom. The minimum absolute atomic E-state index is 0.00276. The first-order valence-electron chi connectivity index (χ1n) is 4.61. The quantitative estimate of drug-likeness (QED) is 0.486. The van der Waals surface area contributed by atoms with Crippen molar-refractivity contribution >= 4 is 0 Å². The van der Waals surface area contributed by atoms with Crippen molar-refractivity contribution in [2.45, 2.75) is 12.5 Å². The highest BCUT2D eigenvalue weighted by molar-refractivity contribution is 5.47. The van der Waals surface area contributed by atoms with Crippen LogP contribution in [0.5, 0.6) is 11.5 Å². The number of rotatable bonds is 1. The summed E-state index contributed by atoms with van der Waals surface area (Å²) >= 11 is 0. The summed E-state index contributed by atoms with van der Waals surface area (Å²) < 4.78 is 0. The van der Waals surface area contributed by atoms with E-state index in [4.69, 9.17) is 5.11 Å². The average molecular weight is 195 g/mol. The predicted molar refractivity (Wildman–Crippen MR) is 51.3 cm³/mol. The normalized spacial score (nSPS) is 20.5. The molecule has 4 nitrogen and oxygen atoms in total. The van der Waals surface area contributed by atoms with Crippen molar-refractivity contribution in [3.8, 4) is 11.5 Å². The molecule has 0 bridgehead atoms. The maximum Gasteiger partial charge on any atom is 0.157 e. The molecule has 1 aromatic rings. The molecule has 4 N–H and O–H groups in total. The second-order valence-corrected chi connectivity index (χ2v) is 3.48. The molecular formula is C10H13NO3. The second-order valence-electron chi connectivity index (χ2n) is 3.48. The van der Waals surface area contributed by atoms with E-state index in [0.717, 1.165) is 24.1 Å². The molecular weight excluding hydrogens is 182 g/mol. The summed E-state index contributed by atoms with van der Waals surface area (Å²) in [5.74, 6) is -0.228. The van der Waals surface area contributed by atoms with E-state index in [9.17, 15) is 10.2 Å². The number of hydrogen-bond donors (Lipinski definition) is 4. The third-order valence-electron chi connectivity index (χ3n) is 2.58. The molecule has 0 aromatic heterocycles. The first-order chi connectivity index (χ1) is 6.72. The molecule has 0 fully saturated rings. The molecule has 0 saturated heterocycles.